The summed E-state index contributed by atoms with van der Waals surface area (Å²) < 4.78 is 26.6. The van der Waals surface area contributed by atoms with Crippen LogP contribution in [0, 0.1) is 0 Å². The first-order chi connectivity index (χ1) is 10.3. The Kier molecular flexibility index (Phi) is 5.44. The predicted octanol–water partition coefficient (Wildman–Crippen LogP) is 0.833. The van der Waals surface area contributed by atoms with Crippen molar-refractivity contribution in [3.05, 3.63) is 34.9 Å². The lowest BCUT2D eigenvalue weighted by Crippen LogP contribution is -2.53. The molecule has 0 spiro atoms. The summed E-state index contributed by atoms with van der Waals surface area (Å²) in [6.07, 6.45) is 0.279. The molecule has 8 heteroatoms. The van der Waals surface area contributed by atoms with Gasteiger partial charge in [0.05, 0.1) is 6.42 Å². The van der Waals surface area contributed by atoms with Crippen molar-refractivity contribution in [3.63, 3.8) is 0 Å². The molecule has 1 amide bonds. The first-order valence-corrected chi connectivity index (χ1v) is 8.78. The fraction of sp³-hybridized carbons (Fsp3) is 0.500. The molecule has 0 atom stereocenters. The molecule has 0 radical (unpaired) electrons. The van der Waals surface area contributed by atoms with Crippen molar-refractivity contribution in [2.24, 2.45) is 0 Å². The molecule has 0 N–H and O–H groups in total. The minimum absolute atomic E-state index is 0.0100. The highest BCUT2D eigenvalue weighted by atomic mass is 35.5. The number of amides is 1. The third-order valence-corrected chi connectivity index (χ3v) is 5.80. The van der Waals surface area contributed by atoms with Gasteiger partial charge in [0.2, 0.25) is 5.91 Å². The van der Waals surface area contributed by atoms with Gasteiger partial charge in [-0.1, -0.05) is 23.7 Å². The van der Waals surface area contributed by atoms with E-state index in [0.29, 0.717) is 31.2 Å². The lowest BCUT2D eigenvalue weighted by molar-refractivity contribution is -0.131. The zero-order chi connectivity index (χ0) is 16.3. The Morgan fingerprint density at radius 2 is 1.86 bits per heavy atom. The zero-order valence-electron chi connectivity index (χ0n) is 12.7. The third-order valence-electron chi connectivity index (χ3n) is 3.62. The molecule has 0 aliphatic carbocycles. The number of carbonyl (C=O) groups excluding carboxylic acids is 1. The van der Waals surface area contributed by atoms with Crippen LogP contribution in [-0.4, -0.2) is 68.1 Å². The van der Waals surface area contributed by atoms with Gasteiger partial charge < -0.3 is 4.90 Å². The van der Waals surface area contributed by atoms with Crippen LogP contribution in [0.15, 0.2) is 24.3 Å². The highest BCUT2D eigenvalue weighted by molar-refractivity contribution is 7.86. The van der Waals surface area contributed by atoms with Crippen molar-refractivity contribution < 1.29 is 13.2 Å². The van der Waals surface area contributed by atoms with Gasteiger partial charge in [-0.2, -0.15) is 17.0 Å². The van der Waals surface area contributed by atoms with Crippen molar-refractivity contribution >= 4 is 27.7 Å². The summed E-state index contributed by atoms with van der Waals surface area (Å²) in [4.78, 5) is 14.0. The topological polar surface area (TPSA) is 60.9 Å². The molecule has 1 saturated heterocycles. The number of nitrogens with zero attached hydrogens (tertiary/aromatic N) is 3. The highest BCUT2D eigenvalue weighted by Crippen LogP contribution is 2.14. The molecule has 122 valence electrons. The van der Waals surface area contributed by atoms with Gasteiger partial charge in [0.1, 0.15) is 0 Å². The molecular weight excluding hydrogens is 326 g/mol. The van der Waals surface area contributed by atoms with Crippen molar-refractivity contribution in [2.45, 2.75) is 6.42 Å². The van der Waals surface area contributed by atoms with Crippen molar-refractivity contribution in [1.29, 1.82) is 0 Å². The van der Waals surface area contributed by atoms with Crippen molar-refractivity contribution in [3.8, 4) is 0 Å². The zero-order valence-corrected chi connectivity index (χ0v) is 14.3. The standard InChI is InChI=1S/C14H20ClN3O3S/c1-16(2)22(20,21)18-8-6-17(7-9-18)14(19)11-12-4-3-5-13(15)10-12/h3-5,10H,6-9,11H2,1-2H3. The van der Waals surface area contributed by atoms with Gasteiger partial charge in [-0.05, 0) is 17.7 Å². The van der Waals surface area contributed by atoms with Crippen molar-refractivity contribution in [2.75, 3.05) is 40.3 Å². The smallest absolute Gasteiger partial charge is 0.281 e. The van der Waals surface area contributed by atoms with Crippen LogP contribution in [0.1, 0.15) is 5.56 Å². The van der Waals surface area contributed by atoms with Crippen molar-refractivity contribution in [1.82, 2.24) is 13.5 Å². The van der Waals surface area contributed by atoms with E-state index in [0.717, 1.165) is 5.56 Å². The Morgan fingerprint density at radius 1 is 1.23 bits per heavy atom. The van der Waals surface area contributed by atoms with Crippen LogP contribution in [0.25, 0.3) is 0 Å². The van der Waals surface area contributed by atoms with Crippen LogP contribution in [-0.2, 0) is 21.4 Å². The summed E-state index contributed by atoms with van der Waals surface area (Å²) in [6, 6.07) is 7.20. The quantitative estimate of drug-likeness (QED) is 0.812. The van der Waals surface area contributed by atoms with E-state index in [1.165, 1.54) is 22.7 Å². The van der Waals surface area contributed by atoms with Gasteiger partial charge >= 0.3 is 0 Å². The first-order valence-electron chi connectivity index (χ1n) is 7.00. The summed E-state index contributed by atoms with van der Waals surface area (Å²) in [5.41, 5.74) is 0.862. The molecule has 0 unspecified atom stereocenters. The number of benzene rings is 1. The summed E-state index contributed by atoms with van der Waals surface area (Å²) in [6.45, 7) is 1.46. The Bertz CT molecular complexity index is 640. The van der Waals surface area contributed by atoms with E-state index in [1.54, 1.807) is 17.0 Å². The van der Waals surface area contributed by atoms with Crippen LogP contribution < -0.4 is 0 Å². The SMILES string of the molecule is CN(C)S(=O)(=O)N1CCN(C(=O)Cc2cccc(Cl)c2)CC1. The minimum Gasteiger partial charge on any atom is -0.340 e. The summed E-state index contributed by atoms with van der Waals surface area (Å²) in [5.74, 6) is -0.0100. The molecular formula is C14H20ClN3O3S. The van der Waals surface area contributed by atoms with E-state index in [1.807, 2.05) is 12.1 Å². The molecule has 22 heavy (non-hydrogen) atoms. The van der Waals surface area contributed by atoms with Crippen LogP contribution >= 0.6 is 11.6 Å². The molecule has 0 saturated carbocycles. The average Bonchev–Trinajstić information content (AvgIpc) is 2.47. The number of piperazine rings is 1. The Balaban J connectivity index is 1.93. The fourth-order valence-corrected chi connectivity index (χ4v) is 3.63. The molecule has 1 fully saturated rings. The monoisotopic (exact) mass is 345 g/mol. The number of hydrogen-bond acceptors (Lipinski definition) is 3. The van der Waals surface area contributed by atoms with E-state index < -0.39 is 10.2 Å². The second-order valence-electron chi connectivity index (χ2n) is 5.38. The number of carbonyl (C=O) groups is 1. The van der Waals surface area contributed by atoms with Crippen LogP contribution in [0.3, 0.4) is 0 Å². The maximum absolute atomic E-state index is 12.3. The van der Waals surface area contributed by atoms with E-state index in [9.17, 15) is 13.2 Å². The van der Waals surface area contributed by atoms with Gasteiger partial charge in [0.15, 0.2) is 0 Å². The average molecular weight is 346 g/mol. The van der Waals surface area contributed by atoms with Crippen LogP contribution in [0.5, 0.6) is 0 Å². The second-order valence-corrected chi connectivity index (χ2v) is 7.96. The molecule has 2 rings (SSSR count). The minimum atomic E-state index is -3.40. The fourth-order valence-electron chi connectivity index (χ4n) is 2.33. The summed E-state index contributed by atoms with van der Waals surface area (Å²) in [7, 11) is -0.390. The van der Waals surface area contributed by atoms with Gasteiger partial charge in [-0.3, -0.25) is 4.79 Å². The predicted molar refractivity (Wildman–Crippen MR) is 85.9 cm³/mol. The number of hydrogen-bond donors (Lipinski definition) is 0. The Hall–Kier alpha value is -1.15. The van der Waals surface area contributed by atoms with Crippen LogP contribution in [0.2, 0.25) is 5.02 Å². The number of halogens is 1. The van der Waals surface area contributed by atoms with E-state index in [-0.39, 0.29) is 12.3 Å². The summed E-state index contributed by atoms with van der Waals surface area (Å²) >= 11 is 5.91. The maximum atomic E-state index is 12.3. The molecule has 1 heterocycles. The number of rotatable bonds is 4. The first kappa shape index (κ1) is 17.2. The maximum Gasteiger partial charge on any atom is 0.281 e. The van der Waals surface area contributed by atoms with Gasteiger partial charge in [0, 0.05) is 45.3 Å². The Morgan fingerprint density at radius 3 is 2.41 bits per heavy atom. The highest BCUT2D eigenvalue weighted by Gasteiger charge is 2.30. The van der Waals surface area contributed by atoms with E-state index >= 15 is 0 Å². The van der Waals surface area contributed by atoms with Crippen LogP contribution in [0.4, 0.5) is 0 Å². The largest absolute Gasteiger partial charge is 0.340 e. The molecule has 1 aliphatic rings. The van der Waals surface area contributed by atoms with Gasteiger partial charge in [0.25, 0.3) is 10.2 Å². The van der Waals surface area contributed by atoms with Gasteiger partial charge in [-0.15, -0.1) is 0 Å². The Labute approximate surface area is 136 Å². The lowest BCUT2D eigenvalue weighted by atomic mass is 10.1. The molecule has 1 aromatic rings. The van der Waals surface area contributed by atoms with E-state index in [2.05, 4.69) is 0 Å². The lowest BCUT2D eigenvalue weighted by Gasteiger charge is -2.35. The second kappa shape index (κ2) is 6.95. The van der Waals surface area contributed by atoms with E-state index in [4.69, 9.17) is 11.6 Å². The molecule has 0 bridgehead atoms. The molecule has 0 aromatic heterocycles. The summed E-state index contributed by atoms with van der Waals surface area (Å²) in [5, 5.41) is 0.604. The third kappa shape index (κ3) is 3.98. The molecule has 1 aliphatic heterocycles. The molecule has 6 nitrogen and oxygen atoms in total. The van der Waals surface area contributed by atoms with Gasteiger partial charge in [-0.25, -0.2) is 0 Å². The normalized spacial score (nSPS) is 17.0. The molecule has 1 aromatic carbocycles.